The van der Waals surface area contributed by atoms with E-state index in [1.807, 2.05) is 24.3 Å². The Balaban J connectivity index is 1.54. The van der Waals surface area contributed by atoms with Gasteiger partial charge in [0.05, 0.1) is 24.7 Å². The highest BCUT2D eigenvalue weighted by Crippen LogP contribution is 2.23. The highest BCUT2D eigenvalue weighted by molar-refractivity contribution is 7.89. The maximum atomic E-state index is 12.6. The monoisotopic (exact) mass is 431 g/mol. The molecule has 1 aliphatic heterocycles. The summed E-state index contributed by atoms with van der Waals surface area (Å²) in [5, 5.41) is 5.87. The average molecular weight is 432 g/mol. The Hall–Kier alpha value is -2.42. The van der Waals surface area contributed by atoms with Gasteiger partial charge in [-0.1, -0.05) is 32.9 Å². The third-order valence-electron chi connectivity index (χ3n) is 4.95. The first kappa shape index (κ1) is 22.3. The summed E-state index contributed by atoms with van der Waals surface area (Å²) >= 11 is 0. The molecule has 1 aliphatic rings. The number of ether oxygens (including phenoxy) is 1. The van der Waals surface area contributed by atoms with E-state index >= 15 is 0 Å². The summed E-state index contributed by atoms with van der Waals surface area (Å²) in [6.45, 7) is 8.08. The van der Waals surface area contributed by atoms with E-state index in [4.69, 9.17) is 4.74 Å². The lowest BCUT2D eigenvalue weighted by Crippen LogP contribution is -2.40. The summed E-state index contributed by atoms with van der Waals surface area (Å²) in [5.74, 6) is -0.210. The molecule has 1 heterocycles. The van der Waals surface area contributed by atoms with E-state index in [2.05, 4.69) is 31.4 Å². The van der Waals surface area contributed by atoms with Crippen LogP contribution in [0.5, 0.6) is 0 Å². The molecule has 0 unspecified atom stereocenters. The van der Waals surface area contributed by atoms with Crippen LogP contribution in [0.4, 0.5) is 11.4 Å². The zero-order valence-corrected chi connectivity index (χ0v) is 18.5. The summed E-state index contributed by atoms with van der Waals surface area (Å²) in [5.41, 5.74) is 2.72. The van der Waals surface area contributed by atoms with Crippen LogP contribution in [0.3, 0.4) is 0 Å². The summed E-state index contributed by atoms with van der Waals surface area (Å²) < 4.78 is 31.9. The molecule has 1 saturated heterocycles. The van der Waals surface area contributed by atoms with E-state index in [1.54, 1.807) is 12.1 Å². The quantitative estimate of drug-likeness (QED) is 0.734. The Morgan fingerprint density at radius 3 is 2.10 bits per heavy atom. The zero-order chi connectivity index (χ0) is 21.8. The summed E-state index contributed by atoms with van der Waals surface area (Å²) in [4.78, 5) is 12.4. The lowest BCUT2D eigenvalue weighted by molar-refractivity contribution is -0.114. The molecule has 0 spiro atoms. The van der Waals surface area contributed by atoms with E-state index in [1.165, 1.54) is 22.0 Å². The van der Waals surface area contributed by atoms with Crippen molar-refractivity contribution in [3.05, 3.63) is 54.1 Å². The van der Waals surface area contributed by atoms with Crippen LogP contribution in [0.25, 0.3) is 0 Å². The van der Waals surface area contributed by atoms with Crippen molar-refractivity contribution in [2.75, 3.05) is 43.5 Å². The minimum Gasteiger partial charge on any atom is -0.379 e. The van der Waals surface area contributed by atoms with E-state index < -0.39 is 10.0 Å². The van der Waals surface area contributed by atoms with E-state index in [-0.39, 0.29) is 22.8 Å². The first-order valence-electron chi connectivity index (χ1n) is 9.98. The molecule has 0 bridgehead atoms. The van der Waals surface area contributed by atoms with E-state index in [0.29, 0.717) is 32.0 Å². The molecule has 0 saturated carbocycles. The van der Waals surface area contributed by atoms with Crippen LogP contribution in [0, 0.1) is 0 Å². The molecular formula is C22H29N3O4S. The van der Waals surface area contributed by atoms with Gasteiger partial charge in [0.25, 0.3) is 0 Å². The van der Waals surface area contributed by atoms with Gasteiger partial charge in [-0.2, -0.15) is 4.31 Å². The van der Waals surface area contributed by atoms with Gasteiger partial charge in [-0.3, -0.25) is 4.79 Å². The normalized spacial score (nSPS) is 15.6. The molecule has 0 radical (unpaired) electrons. The number of carbonyl (C=O) groups excluding carboxylic acids is 1. The minimum atomic E-state index is -3.54. The lowest BCUT2D eigenvalue weighted by atomic mass is 9.87. The lowest BCUT2D eigenvalue weighted by Gasteiger charge is -2.26. The molecule has 7 nitrogen and oxygen atoms in total. The molecule has 1 fully saturated rings. The second-order valence-corrected chi connectivity index (χ2v) is 10.2. The Kier molecular flexibility index (Phi) is 6.80. The number of carbonyl (C=O) groups is 1. The molecule has 3 rings (SSSR count). The number of benzene rings is 2. The van der Waals surface area contributed by atoms with Crippen molar-refractivity contribution in [3.8, 4) is 0 Å². The number of nitrogens with one attached hydrogen (secondary N) is 2. The fourth-order valence-electron chi connectivity index (χ4n) is 3.12. The molecule has 8 heteroatoms. The number of hydrogen-bond donors (Lipinski definition) is 2. The molecule has 2 N–H and O–H groups in total. The average Bonchev–Trinajstić information content (AvgIpc) is 2.73. The number of morpholine rings is 1. The van der Waals surface area contributed by atoms with Gasteiger partial charge >= 0.3 is 0 Å². The molecule has 2 aromatic carbocycles. The van der Waals surface area contributed by atoms with Gasteiger partial charge < -0.3 is 15.4 Å². The number of rotatable bonds is 6. The summed E-state index contributed by atoms with van der Waals surface area (Å²) in [6.07, 6.45) is 0. The predicted molar refractivity (Wildman–Crippen MR) is 118 cm³/mol. The van der Waals surface area contributed by atoms with Crippen molar-refractivity contribution >= 4 is 27.3 Å². The SMILES string of the molecule is CC(C)(C)c1ccc(NCC(=O)Nc2ccc(S(=O)(=O)N3CCOCC3)cc2)cc1. The topological polar surface area (TPSA) is 87.7 Å². The van der Waals surface area contributed by atoms with Gasteiger partial charge in [0.15, 0.2) is 0 Å². The second kappa shape index (κ2) is 9.16. The van der Waals surface area contributed by atoms with Crippen LogP contribution in [0.1, 0.15) is 26.3 Å². The van der Waals surface area contributed by atoms with Gasteiger partial charge in [0.2, 0.25) is 15.9 Å². The van der Waals surface area contributed by atoms with Crippen LogP contribution >= 0.6 is 0 Å². The van der Waals surface area contributed by atoms with Crippen LogP contribution in [0.15, 0.2) is 53.4 Å². The second-order valence-electron chi connectivity index (χ2n) is 8.27. The maximum Gasteiger partial charge on any atom is 0.243 e. The summed E-state index contributed by atoms with van der Waals surface area (Å²) in [6, 6.07) is 14.2. The van der Waals surface area contributed by atoms with Crippen molar-refractivity contribution in [2.45, 2.75) is 31.1 Å². The van der Waals surface area contributed by atoms with E-state index in [0.717, 1.165) is 5.69 Å². The van der Waals surface area contributed by atoms with Crippen LogP contribution in [-0.4, -0.2) is 51.5 Å². The molecule has 0 atom stereocenters. The Bertz CT molecular complexity index is 959. The fraction of sp³-hybridized carbons (Fsp3) is 0.409. The number of nitrogens with zero attached hydrogens (tertiary/aromatic N) is 1. The van der Waals surface area contributed by atoms with Crippen molar-refractivity contribution in [3.63, 3.8) is 0 Å². The van der Waals surface area contributed by atoms with Crippen LogP contribution in [0.2, 0.25) is 0 Å². The van der Waals surface area contributed by atoms with Gasteiger partial charge in [-0.05, 0) is 47.4 Å². The van der Waals surface area contributed by atoms with E-state index in [9.17, 15) is 13.2 Å². The zero-order valence-electron chi connectivity index (χ0n) is 17.6. The van der Waals surface area contributed by atoms with Crippen molar-refractivity contribution in [1.29, 1.82) is 0 Å². The third kappa shape index (κ3) is 5.59. The molecule has 30 heavy (non-hydrogen) atoms. The number of amides is 1. The van der Waals surface area contributed by atoms with Crippen LogP contribution < -0.4 is 10.6 Å². The van der Waals surface area contributed by atoms with Gasteiger partial charge in [0.1, 0.15) is 0 Å². The highest BCUT2D eigenvalue weighted by atomic mass is 32.2. The van der Waals surface area contributed by atoms with Crippen molar-refractivity contribution in [1.82, 2.24) is 4.31 Å². The standard InChI is InChI=1S/C22H29N3O4S/c1-22(2,3)17-4-6-18(7-5-17)23-16-21(26)24-19-8-10-20(11-9-19)30(27,28)25-12-14-29-15-13-25/h4-11,23H,12-16H2,1-3H3,(H,24,26). The van der Waals surface area contributed by atoms with Crippen molar-refractivity contribution < 1.29 is 17.9 Å². The fourth-order valence-corrected chi connectivity index (χ4v) is 4.53. The number of sulfonamides is 1. The summed E-state index contributed by atoms with van der Waals surface area (Å²) in [7, 11) is -3.54. The highest BCUT2D eigenvalue weighted by Gasteiger charge is 2.26. The number of hydrogen-bond acceptors (Lipinski definition) is 5. The molecule has 0 aromatic heterocycles. The number of anilines is 2. The Labute approximate surface area is 178 Å². The Morgan fingerprint density at radius 2 is 1.53 bits per heavy atom. The largest absolute Gasteiger partial charge is 0.379 e. The minimum absolute atomic E-state index is 0.0807. The van der Waals surface area contributed by atoms with Gasteiger partial charge in [-0.15, -0.1) is 0 Å². The molecular weight excluding hydrogens is 402 g/mol. The molecule has 1 amide bonds. The molecule has 2 aromatic rings. The molecule has 0 aliphatic carbocycles. The Morgan fingerprint density at radius 1 is 0.967 bits per heavy atom. The first-order chi connectivity index (χ1) is 14.2. The maximum absolute atomic E-state index is 12.6. The van der Waals surface area contributed by atoms with Crippen LogP contribution in [-0.2, 0) is 25.0 Å². The van der Waals surface area contributed by atoms with Gasteiger partial charge in [0, 0.05) is 24.5 Å². The first-order valence-corrected chi connectivity index (χ1v) is 11.4. The smallest absolute Gasteiger partial charge is 0.243 e. The predicted octanol–water partition coefficient (Wildman–Crippen LogP) is 3.06. The van der Waals surface area contributed by atoms with Gasteiger partial charge in [-0.25, -0.2) is 8.42 Å². The molecule has 162 valence electrons. The van der Waals surface area contributed by atoms with Crippen molar-refractivity contribution in [2.24, 2.45) is 0 Å². The third-order valence-corrected chi connectivity index (χ3v) is 6.86.